The molecule has 5 heteroatoms. The first-order valence-corrected chi connectivity index (χ1v) is 8.39. The Labute approximate surface area is 134 Å². The second kappa shape index (κ2) is 7.90. The van der Waals surface area contributed by atoms with Gasteiger partial charge in [0.25, 0.3) is 5.91 Å². The Morgan fingerprint density at radius 3 is 3.00 bits per heavy atom. The van der Waals surface area contributed by atoms with Crippen LogP contribution in [-0.2, 0) is 0 Å². The lowest BCUT2D eigenvalue weighted by Gasteiger charge is -2.26. The summed E-state index contributed by atoms with van der Waals surface area (Å²) in [6, 6.07) is 4.98. The summed E-state index contributed by atoms with van der Waals surface area (Å²) in [7, 11) is 0. The number of halogens is 2. The van der Waals surface area contributed by atoms with E-state index in [0.717, 1.165) is 38.8 Å². The van der Waals surface area contributed by atoms with Crippen molar-refractivity contribution in [1.82, 2.24) is 10.2 Å². The minimum atomic E-state index is -0.393. The van der Waals surface area contributed by atoms with E-state index in [9.17, 15) is 9.18 Å². The second-order valence-corrected chi connectivity index (χ2v) is 6.29. The number of benzene rings is 1. The van der Waals surface area contributed by atoms with Crippen molar-refractivity contribution < 1.29 is 9.18 Å². The van der Waals surface area contributed by atoms with Gasteiger partial charge < -0.3 is 10.2 Å². The van der Waals surface area contributed by atoms with Gasteiger partial charge in [0.1, 0.15) is 5.82 Å². The number of rotatable bonds is 6. The predicted octanol–water partition coefficient (Wildman–Crippen LogP) is 3.58. The minimum Gasteiger partial charge on any atom is -0.337 e. The number of unbranched alkanes of at least 4 members (excludes halogenated alkanes) is 1. The number of nitrogens with zero attached hydrogens (tertiary/aromatic N) is 1. The van der Waals surface area contributed by atoms with Crippen molar-refractivity contribution in [3.05, 3.63) is 34.1 Å². The zero-order chi connectivity index (χ0) is 15.2. The summed E-state index contributed by atoms with van der Waals surface area (Å²) in [5.74, 6) is -0.487. The van der Waals surface area contributed by atoms with Crippen molar-refractivity contribution in [1.29, 1.82) is 0 Å². The van der Waals surface area contributed by atoms with Crippen LogP contribution in [0.5, 0.6) is 0 Å². The normalized spacial score (nSPS) is 18.0. The van der Waals surface area contributed by atoms with Gasteiger partial charge in [-0.1, -0.05) is 19.4 Å². The number of amides is 1. The average molecular weight is 357 g/mol. The standard InChI is InChI=1S/C16H22BrFN2O/c1-2-3-10-20(11-12-6-5-9-19-12)16(21)13-7-4-8-14(18)15(13)17/h4,7-8,12,19H,2-3,5-6,9-11H2,1H3. The van der Waals surface area contributed by atoms with Crippen molar-refractivity contribution >= 4 is 21.8 Å². The lowest BCUT2D eigenvalue weighted by atomic mass is 10.1. The SMILES string of the molecule is CCCCN(CC1CCCN1)C(=O)c1cccc(F)c1Br. The maximum Gasteiger partial charge on any atom is 0.255 e. The summed E-state index contributed by atoms with van der Waals surface area (Å²) in [6.45, 7) is 4.54. The van der Waals surface area contributed by atoms with Crippen molar-refractivity contribution in [2.45, 2.75) is 38.6 Å². The lowest BCUT2D eigenvalue weighted by Crippen LogP contribution is -2.41. The largest absolute Gasteiger partial charge is 0.337 e. The molecule has 1 aromatic rings. The van der Waals surface area contributed by atoms with E-state index < -0.39 is 5.82 Å². The highest BCUT2D eigenvalue weighted by molar-refractivity contribution is 9.10. The Morgan fingerprint density at radius 1 is 1.52 bits per heavy atom. The van der Waals surface area contributed by atoms with E-state index in [1.54, 1.807) is 12.1 Å². The van der Waals surface area contributed by atoms with Gasteiger partial charge in [-0.2, -0.15) is 0 Å². The molecule has 1 unspecified atom stereocenters. The Kier molecular flexibility index (Phi) is 6.18. The fourth-order valence-corrected chi connectivity index (χ4v) is 3.08. The van der Waals surface area contributed by atoms with Crippen LogP contribution in [0.15, 0.2) is 22.7 Å². The zero-order valence-electron chi connectivity index (χ0n) is 12.4. The van der Waals surface area contributed by atoms with Gasteiger partial charge in [-0.05, 0) is 53.9 Å². The van der Waals surface area contributed by atoms with Crippen LogP contribution in [0.3, 0.4) is 0 Å². The summed E-state index contributed by atoms with van der Waals surface area (Å²) in [6.07, 6.45) is 4.25. The molecule has 1 heterocycles. The number of carbonyl (C=O) groups excluding carboxylic acids is 1. The molecule has 1 aliphatic rings. The fraction of sp³-hybridized carbons (Fsp3) is 0.562. The number of carbonyl (C=O) groups is 1. The van der Waals surface area contributed by atoms with E-state index in [2.05, 4.69) is 28.2 Å². The number of hydrogen-bond acceptors (Lipinski definition) is 2. The summed E-state index contributed by atoms with van der Waals surface area (Å²) in [5, 5.41) is 3.42. The fourth-order valence-electron chi connectivity index (χ4n) is 2.64. The molecule has 1 aromatic carbocycles. The van der Waals surface area contributed by atoms with Gasteiger partial charge >= 0.3 is 0 Å². The Bertz CT molecular complexity index is 489. The highest BCUT2D eigenvalue weighted by atomic mass is 79.9. The average Bonchev–Trinajstić information content (AvgIpc) is 2.98. The third-order valence-electron chi connectivity index (χ3n) is 3.85. The van der Waals surface area contributed by atoms with Crippen LogP contribution in [0.1, 0.15) is 43.0 Å². The van der Waals surface area contributed by atoms with Gasteiger partial charge in [0.05, 0.1) is 10.0 Å². The molecule has 0 aliphatic carbocycles. The molecule has 0 spiro atoms. The van der Waals surface area contributed by atoms with Crippen LogP contribution in [-0.4, -0.2) is 36.5 Å². The molecule has 3 nitrogen and oxygen atoms in total. The first-order chi connectivity index (χ1) is 10.1. The predicted molar refractivity (Wildman–Crippen MR) is 85.9 cm³/mol. The molecule has 0 bridgehead atoms. The second-order valence-electron chi connectivity index (χ2n) is 5.50. The zero-order valence-corrected chi connectivity index (χ0v) is 14.0. The molecule has 0 aromatic heterocycles. The molecule has 2 rings (SSSR count). The molecule has 1 aliphatic heterocycles. The van der Waals surface area contributed by atoms with Crippen LogP contribution < -0.4 is 5.32 Å². The smallest absolute Gasteiger partial charge is 0.255 e. The van der Waals surface area contributed by atoms with Crippen LogP contribution in [0.4, 0.5) is 4.39 Å². The molecule has 21 heavy (non-hydrogen) atoms. The van der Waals surface area contributed by atoms with Crippen molar-refractivity contribution in [2.75, 3.05) is 19.6 Å². The molecular weight excluding hydrogens is 335 g/mol. The van der Waals surface area contributed by atoms with E-state index in [0.29, 0.717) is 18.2 Å². The van der Waals surface area contributed by atoms with Crippen molar-refractivity contribution in [3.8, 4) is 0 Å². The maximum absolute atomic E-state index is 13.6. The van der Waals surface area contributed by atoms with Gasteiger partial charge in [0.15, 0.2) is 0 Å². The summed E-state index contributed by atoms with van der Waals surface area (Å²) in [4.78, 5) is 14.6. The van der Waals surface area contributed by atoms with Crippen molar-refractivity contribution in [3.63, 3.8) is 0 Å². The minimum absolute atomic E-state index is 0.0940. The molecule has 1 N–H and O–H groups in total. The quantitative estimate of drug-likeness (QED) is 0.844. The third-order valence-corrected chi connectivity index (χ3v) is 4.66. The molecule has 0 saturated carbocycles. The highest BCUT2D eigenvalue weighted by Crippen LogP contribution is 2.22. The topological polar surface area (TPSA) is 32.3 Å². The highest BCUT2D eigenvalue weighted by Gasteiger charge is 2.24. The first-order valence-electron chi connectivity index (χ1n) is 7.60. The number of nitrogens with one attached hydrogen (secondary N) is 1. The summed E-state index contributed by atoms with van der Waals surface area (Å²) < 4.78 is 13.9. The van der Waals surface area contributed by atoms with Crippen LogP contribution in [0, 0.1) is 5.82 Å². The van der Waals surface area contributed by atoms with E-state index in [1.165, 1.54) is 6.07 Å². The van der Waals surface area contributed by atoms with Gasteiger partial charge in [0.2, 0.25) is 0 Å². The maximum atomic E-state index is 13.6. The van der Waals surface area contributed by atoms with Gasteiger partial charge in [0, 0.05) is 19.1 Å². The van der Waals surface area contributed by atoms with Gasteiger partial charge in [-0.3, -0.25) is 4.79 Å². The van der Waals surface area contributed by atoms with Crippen molar-refractivity contribution in [2.24, 2.45) is 0 Å². The van der Waals surface area contributed by atoms with E-state index in [1.807, 2.05) is 4.90 Å². The molecule has 1 fully saturated rings. The lowest BCUT2D eigenvalue weighted by molar-refractivity contribution is 0.0738. The van der Waals surface area contributed by atoms with Gasteiger partial charge in [-0.25, -0.2) is 4.39 Å². The molecule has 1 atom stereocenters. The van der Waals surface area contributed by atoms with Gasteiger partial charge in [-0.15, -0.1) is 0 Å². The molecule has 1 amide bonds. The van der Waals surface area contributed by atoms with E-state index in [4.69, 9.17) is 0 Å². The third kappa shape index (κ3) is 4.27. The molecular formula is C16H22BrFN2O. The Morgan fingerprint density at radius 2 is 2.33 bits per heavy atom. The molecule has 116 valence electrons. The summed E-state index contributed by atoms with van der Waals surface area (Å²) >= 11 is 3.19. The Balaban J connectivity index is 2.13. The van der Waals surface area contributed by atoms with Crippen LogP contribution in [0.2, 0.25) is 0 Å². The Hall–Kier alpha value is -0.940. The summed E-state index contributed by atoms with van der Waals surface area (Å²) in [5.41, 5.74) is 0.407. The first kappa shape index (κ1) is 16.4. The van der Waals surface area contributed by atoms with E-state index >= 15 is 0 Å². The molecule has 0 radical (unpaired) electrons. The van der Waals surface area contributed by atoms with Crippen LogP contribution in [0.25, 0.3) is 0 Å². The van der Waals surface area contributed by atoms with E-state index in [-0.39, 0.29) is 10.4 Å². The van der Waals surface area contributed by atoms with Crippen LogP contribution >= 0.6 is 15.9 Å². The monoisotopic (exact) mass is 356 g/mol. The molecule has 1 saturated heterocycles. The number of hydrogen-bond donors (Lipinski definition) is 1.